The molecule has 0 aliphatic heterocycles. The number of hydrogen-bond acceptors (Lipinski definition) is 3. The second-order valence-electron chi connectivity index (χ2n) is 9.96. The third kappa shape index (κ3) is 6.06. The molecule has 142 valence electrons. The summed E-state index contributed by atoms with van der Waals surface area (Å²) in [4.78, 5) is 13.1. The van der Waals surface area contributed by atoms with Gasteiger partial charge in [-0.3, -0.25) is 4.79 Å². The van der Waals surface area contributed by atoms with Crippen LogP contribution < -0.4 is 0 Å². The molecule has 1 saturated carbocycles. The summed E-state index contributed by atoms with van der Waals surface area (Å²) in [6, 6.07) is 0. The fourth-order valence-electron chi connectivity index (χ4n) is 3.58. The number of hydrogen-bond donors (Lipinski definition) is 0. The number of rotatable bonds is 6. The Labute approximate surface area is 149 Å². The zero-order chi connectivity index (χ0) is 18.6. The van der Waals surface area contributed by atoms with E-state index in [0.717, 1.165) is 19.3 Å². The van der Waals surface area contributed by atoms with Crippen LogP contribution >= 0.6 is 0 Å². The van der Waals surface area contributed by atoms with Crippen LogP contribution in [0.5, 0.6) is 0 Å². The van der Waals surface area contributed by atoms with Crippen LogP contribution in [0.3, 0.4) is 0 Å². The Balaban J connectivity index is 2.81. The highest BCUT2D eigenvalue weighted by atomic mass is 16.7. The van der Waals surface area contributed by atoms with E-state index in [2.05, 4.69) is 41.5 Å². The number of ether oxygens (including phenoxy) is 2. The molecule has 3 nitrogen and oxygen atoms in total. The Bertz CT molecular complexity index is 396. The Kier molecular flexibility index (Phi) is 7.34. The monoisotopic (exact) mass is 340 g/mol. The Hall–Kier alpha value is -0.570. The number of carbonyl (C=O) groups is 1. The summed E-state index contributed by atoms with van der Waals surface area (Å²) in [6.07, 6.45) is 7.25. The normalized spacial score (nSPS) is 21.2. The fraction of sp³-hybridized carbons (Fsp3) is 0.952. The van der Waals surface area contributed by atoms with E-state index in [1.807, 2.05) is 13.8 Å². The van der Waals surface area contributed by atoms with Gasteiger partial charge >= 0.3 is 5.97 Å². The number of esters is 1. The second-order valence-corrected chi connectivity index (χ2v) is 9.96. The molecule has 0 N–H and O–H groups in total. The van der Waals surface area contributed by atoms with E-state index in [1.165, 1.54) is 19.3 Å². The molecule has 0 aromatic rings. The largest absolute Gasteiger partial charge is 0.435 e. The zero-order valence-corrected chi connectivity index (χ0v) is 17.3. The molecule has 0 radical (unpaired) electrons. The minimum Gasteiger partial charge on any atom is -0.435 e. The molecule has 0 amide bonds. The van der Waals surface area contributed by atoms with E-state index >= 15 is 0 Å². The summed E-state index contributed by atoms with van der Waals surface area (Å²) >= 11 is 0. The molecule has 1 fully saturated rings. The van der Waals surface area contributed by atoms with Crippen molar-refractivity contribution < 1.29 is 14.3 Å². The average Bonchev–Trinajstić information content (AvgIpc) is 2.44. The van der Waals surface area contributed by atoms with Gasteiger partial charge in [0.15, 0.2) is 0 Å². The standard InChI is InChI=1S/C21H40O3/c1-9-17(23-16-13-11-10-12-14-16)24-18(22)21(8,20(5,6)7)15-19(2,3)4/h16-17H,9-15H2,1-8H3. The van der Waals surface area contributed by atoms with E-state index in [0.29, 0.717) is 6.42 Å². The SMILES string of the molecule is CCC(OC(=O)C(C)(CC(C)(C)C)C(C)(C)C)OC1CCCCC1. The molecule has 1 aliphatic rings. The zero-order valence-electron chi connectivity index (χ0n) is 17.3. The van der Waals surface area contributed by atoms with Crippen LogP contribution in [0.25, 0.3) is 0 Å². The summed E-state index contributed by atoms with van der Waals surface area (Å²) in [7, 11) is 0. The molecule has 0 bridgehead atoms. The van der Waals surface area contributed by atoms with Crippen molar-refractivity contribution in [3.63, 3.8) is 0 Å². The lowest BCUT2D eigenvalue weighted by Crippen LogP contribution is -2.46. The van der Waals surface area contributed by atoms with Gasteiger partial charge in [-0.05, 0) is 37.0 Å². The first-order valence-electron chi connectivity index (χ1n) is 9.75. The first kappa shape index (κ1) is 21.5. The molecular weight excluding hydrogens is 300 g/mol. The minimum atomic E-state index is -0.533. The van der Waals surface area contributed by atoms with Gasteiger partial charge in [-0.1, -0.05) is 67.7 Å². The molecule has 3 heteroatoms. The highest BCUT2D eigenvalue weighted by Gasteiger charge is 2.48. The maximum Gasteiger partial charge on any atom is 0.314 e. The van der Waals surface area contributed by atoms with Crippen LogP contribution in [-0.4, -0.2) is 18.4 Å². The Morgan fingerprint density at radius 1 is 1.00 bits per heavy atom. The molecular formula is C21H40O3. The quantitative estimate of drug-likeness (QED) is 0.432. The van der Waals surface area contributed by atoms with Crippen molar-refractivity contribution in [1.82, 2.24) is 0 Å². The van der Waals surface area contributed by atoms with E-state index in [4.69, 9.17) is 9.47 Å². The van der Waals surface area contributed by atoms with Crippen molar-refractivity contribution in [3.8, 4) is 0 Å². The Morgan fingerprint density at radius 3 is 1.96 bits per heavy atom. The Morgan fingerprint density at radius 2 is 1.54 bits per heavy atom. The third-order valence-electron chi connectivity index (χ3n) is 5.46. The lowest BCUT2D eigenvalue weighted by atomic mass is 9.61. The maximum atomic E-state index is 13.1. The van der Waals surface area contributed by atoms with Crippen LogP contribution in [0, 0.1) is 16.2 Å². The van der Waals surface area contributed by atoms with Crippen molar-refractivity contribution in [2.45, 2.75) is 113 Å². The van der Waals surface area contributed by atoms with Gasteiger partial charge in [-0.2, -0.15) is 0 Å². The van der Waals surface area contributed by atoms with Crippen LogP contribution in [0.1, 0.15) is 100 Å². The van der Waals surface area contributed by atoms with E-state index in [9.17, 15) is 4.79 Å². The second kappa shape index (κ2) is 8.21. The first-order valence-corrected chi connectivity index (χ1v) is 9.75. The summed E-state index contributed by atoms with van der Waals surface area (Å²) in [5.74, 6) is -0.118. The van der Waals surface area contributed by atoms with Gasteiger partial charge < -0.3 is 9.47 Å². The lowest BCUT2D eigenvalue weighted by molar-refractivity contribution is -0.209. The molecule has 0 saturated heterocycles. The van der Waals surface area contributed by atoms with Gasteiger partial charge in [0, 0.05) is 6.42 Å². The fourth-order valence-corrected chi connectivity index (χ4v) is 3.58. The average molecular weight is 341 g/mol. The van der Waals surface area contributed by atoms with Crippen LogP contribution in [0.4, 0.5) is 0 Å². The van der Waals surface area contributed by atoms with E-state index in [1.54, 1.807) is 0 Å². The summed E-state index contributed by atoms with van der Waals surface area (Å²) in [5.41, 5.74) is -0.637. The van der Waals surface area contributed by atoms with Crippen LogP contribution in [-0.2, 0) is 14.3 Å². The third-order valence-corrected chi connectivity index (χ3v) is 5.46. The molecule has 1 aliphatic carbocycles. The van der Waals surface area contributed by atoms with Crippen molar-refractivity contribution in [2.75, 3.05) is 0 Å². The predicted octanol–water partition coefficient (Wildman–Crippen LogP) is 6.10. The lowest BCUT2D eigenvalue weighted by Gasteiger charge is -2.44. The van der Waals surface area contributed by atoms with Gasteiger partial charge in [0.25, 0.3) is 0 Å². The minimum absolute atomic E-state index is 0.0625. The van der Waals surface area contributed by atoms with Gasteiger partial charge in [0.2, 0.25) is 6.29 Å². The molecule has 0 aromatic heterocycles. The van der Waals surface area contributed by atoms with Crippen molar-refractivity contribution in [1.29, 1.82) is 0 Å². The highest BCUT2D eigenvalue weighted by Crippen LogP contribution is 2.47. The van der Waals surface area contributed by atoms with Gasteiger partial charge in [0.05, 0.1) is 11.5 Å². The summed E-state index contributed by atoms with van der Waals surface area (Å²) < 4.78 is 12.0. The van der Waals surface area contributed by atoms with Gasteiger partial charge in [0.1, 0.15) is 0 Å². The summed E-state index contributed by atoms with van der Waals surface area (Å²) in [5, 5.41) is 0. The molecule has 0 aromatic carbocycles. The topological polar surface area (TPSA) is 35.5 Å². The van der Waals surface area contributed by atoms with Crippen LogP contribution in [0.2, 0.25) is 0 Å². The maximum absolute atomic E-state index is 13.1. The molecule has 2 unspecified atom stereocenters. The molecule has 2 atom stereocenters. The van der Waals surface area contributed by atoms with Gasteiger partial charge in [-0.15, -0.1) is 0 Å². The highest BCUT2D eigenvalue weighted by molar-refractivity contribution is 5.77. The van der Waals surface area contributed by atoms with Crippen molar-refractivity contribution >= 4 is 5.97 Å². The smallest absolute Gasteiger partial charge is 0.314 e. The number of carbonyl (C=O) groups excluding carboxylic acids is 1. The van der Waals surface area contributed by atoms with E-state index < -0.39 is 11.7 Å². The molecule has 1 rings (SSSR count). The van der Waals surface area contributed by atoms with E-state index in [-0.39, 0.29) is 22.9 Å². The molecule has 0 heterocycles. The van der Waals surface area contributed by atoms with Crippen molar-refractivity contribution in [3.05, 3.63) is 0 Å². The van der Waals surface area contributed by atoms with Crippen molar-refractivity contribution in [2.24, 2.45) is 16.2 Å². The van der Waals surface area contributed by atoms with Crippen LogP contribution in [0.15, 0.2) is 0 Å². The molecule has 24 heavy (non-hydrogen) atoms. The molecule has 0 spiro atoms. The van der Waals surface area contributed by atoms with Gasteiger partial charge in [-0.25, -0.2) is 0 Å². The summed E-state index contributed by atoms with van der Waals surface area (Å²) in [6.45, 7) is 17.0. The predicted molar refractivity (Wildman–Crippen MR) is 99.8 cm³/mol. The first-order chi connectivity index (χ1) is 10.9.